The van der Waals surface area contributed by atoms with Gasteiger partial charge in [-0.05, 0) is 53.9 Å². The summed E-state index contributed by atoms with van der Waals surface area (Å²) >= 11 is 0. The van der Waals surface area contributed by atoms with Crippen LogP contribution in [0.5, 0.6) is 0 Å². The number of rotatable bonds is 10. The molecule has 0 unspecified atom stereocenters. The summed E-state index contributed by atoms with van der Waals surface area (Å²) in [5.41, 5.74) is 5.31. The van der Waals surface area contributed by atoms with E-state index in [0.717, 1.165) is 71.5 Å². The molecule has 0 bridgehead atoms. The van der Waals surface area contributed by atoms with Crippen LogP contribution in [0.15, 0.2) is 121 Å². The maximum absolute atomic E-state index is 10.4. The number of aliphatic hydroxyl groups is 2. The maximum atomic E-state index is 10.4. The zero-order valence-electron chi connectivity index (χ0n) is 25.9. The average Bonchev–Trinajstić information content (AvgIpc) is 3.07. The molecule has 2 aliphatic rings. The molecule has 5 heteroatoms. The number of aryl methyl sites for hydroxylation is 1. The summed E-state index contributed by atoms with van der Waals surface area (Å²) in [6.07, 6.45) is 3.56. The van der Waals surface area contributed by atoms with Crippen LogP contribution in [0.2, 0.25) is 0 Å². The highest BCUT2D eigenvalue weighted by atomic mass is 16.3. The second-order valence-electron chi connectivity index (χ2n) is 12.4. The van der Waals surface area contributed by atoms with Gasteiger partial charge >= 0.3 is 0 Å². The molecule has 0 radical (unpaired) electrons. The average molecular weight is 592 g/mol. The number of piperidine rings is 2. The van der Waals surface area contributed by atoms with Crippen LogP contribution in [0, 0.1) is 5.92 Å². The molecular weight excluding hydrogens is 542 g/mol. The van der Waals surface area contributed by atoms with Crippen molar-refractivity contribution in [2.75, 3.05) is 26.2 Å². The third kappa shape index (κ3) is 10.4. The number of hydrogen-bond donors (Lipinski definition) is 3. The molecule has 5 nitrogen and oxygen atoms in total. The molecule has 0 aromatic heterocycles. The molecule has 4 atom stereocenters. The van der Waals surface area contributed by atoms with Gasteiger partial charge < -0.3 is 15.5 Å². The van der Waals surface area contributed by atoms with E-state index in [-0.39, 0.29) is 18.2 Å². The predicted octanol–water partition coefficient (Wildman–Crippen LogP) is 5.91. The summed E-state index contributed by atoms with van der Waals surface area (Å²) in [4.78, 5) is 4.82. The fourth-order valence-corrected chi connectivity index (χ4v) is 6.43. The number of nitrogens with zero attached hydrogens (tertiary/aromatic N) is 2. The molecule has 2 fully saturated rings. The van der Waals surface area contributed by atoms with Gasteiger partial charge in [-0.25, -0.2) is 0 Å². The first-order chi connectivity index (χ1) is 21.6. The van der Waals surface area contributed by atoms with Crippen molar-refractivity contribution >= 4 is 0 Å². The standard InChI is InChI=1S/C20H25NO.C19H24N2O/c22-20-13-14-21(15-18-9-5-2-6-10-18)16-19(20)12-11-17-7-3-1-4-8-17;22-19-15-21(14-17-9-5-2-6-10-17)12-11-18(19)20-13-16-7-3-1-4-8-16/h1-10,19-20,22H,11-16H2;1-10,18-20,22H,11-15H2/t19-,20-;18-,19-/m11/s1. The van der Waals surface area contributed by atoms with Crippen LogP contribution in [0.3, 0.4) is 0 Å². The third-order valence-electron chi connectivity index (χ3n) is 9.00. The molecular formula is C39H49N3O2. The molecule has 4 aromatic carbocycles. The van der Waals surface area contributed by atoms with Gasteiger partial charge in [-0.1, -0.05) is 121 Å². The highest BCUT2D eigenvalue weighted by Gasteiger charge is 2.28. The summed E-state index contributed by atoms with van der Waals surface area (Å²) in [6, 6.07) is 42.2. The Kier molecular flexibility index (Phi) is 12.6. The van der Waals surface area contributed by atoms with E-state index in [1.165, 1.54) is 22.3 Å². The van der Waals surface area contributed by atoms with Crippen molar-refractivity contribution in [3.8, 4) is 0 Å². The highest BCUT2D eigenvalue weighted by molar-refractivity contribution is 5.17. The van der Waals surface area contributed by atoms with Crippen LogP contribution in [0.25, 0.3) is 0 Å². The predicted molar refractivity (Wildman–Crippen MR) is 180 cm³/mol. The molecule has 0 saturated carbocycles. The molecule has 0 amide bonds. The number of nitrogens with one attached hydrogen (secondary N) is 1. The number of benzene rings is 4. The molecule has 4 aromatic rings. The second-order valence-corrected chi connectivity index (χ2v) is 12.4. The monoisotopic (exact) mass is 591 g/mol. The van der Waals surface area contributed by atoms with Crippen LogP contribution >= 0.6 is 0 Å². The van der Waals surface area contributed by atoms with Crippen molar-refractivity contribution in [3.05, 3.63) is 144 Å². The van der Waals surface area contributed by atoms with E-state index in [9.17, 15) is 10.2 Å². The smallest absolute Gasteiger partial charge is 0.0820 e. The van der Waals surface area contributed by atoms with Gasteiger partial charge in [0.25, 0.3) is 0 Å². The highest BCUT2D eigenvalue weighted by Crippen LogP contribution is 2.23. The van der Waals surface area contributed by atoms with E-state index < -0.39 is 0 Å². The van der Waals surface area contributed by atoms with Gasteiger partial charge in [0.05, 0.1) is 12.2 Å². The van der Waals surface area contributed by atoms with E-state index in [1.807, 2.05) is 12.1 Å². The SMILES string of the molecule is O[C@@H]1CCN(Cc2ccccc2)C[C@H]1CCc1ccccc1.O[C@@H]1CN(Cc2ccccc2)CC[C@H]1NCc1ccccc1. The number of hydrogen-bond acceptors (Lipinski definition) is 5. The fourth-order valence-electron chi connectivity index (χ4n) is 6.43. The van der Waals surface area contributed by atoms with Gasteiger partial charge in [0.2, 0.25) is 0 Å². The van der Waals surface area contributed by atoms with Gasteiger partial charge in [0.1, 0.15) is 0 Å². The Hall–Kier alpha value is -3.32. The molecule has 44 heavy (non-hydrogen) atoms. The molecule has 2 heterocycles. The van der Waals surface area contributed by atoms with Gasteiger partial charge in [0.15, 0.2) is 0 Å². The number of aliphatic hydroxyl groups excluding tert-OH is 2. The quantitative estimate of drug-likeness (QED) is 0.214. The minimum absolute atomic E-state index is 0.143. The Morgan fingerprint density at radius 3 is 1.57 bits per heavy atom. The van der Waals surface area contributed by atoms with E-state index in [1.54, 1.807) is 0 Å². The fraction of sp³-hybridized carbons (Fsp3) is 0.385. The summed E-state index contributed by atoms with van der Waals surface area (Å²) in [5, 5.41) is 24.2. The second kappa shape index (κ2) is 17.2. The van der Waals surface area contributed by atoms with Crippen molar-refractivity contribution in [2.45, 2.75) is 63.6 Å². The van der Waals surface area contributed by atoms with Gasteiger partial charge in [-0.2, -0.15) is 0 Å². The van der Waals surface area contributed by atoms with Gasteiger partial charge in [0, 0.05) is 51.9 Å². The molecule has 0 spiro atoms. The largest absolute Gasteiger partial charge is 0.393 e. The maximum Gasteiger partial charge on any atom is 0.0820 e. The summed E-state index contributed by atoms with van der Waals surface area (Å²) in [7, 11) is 0. The lowest BCUT2D eigenvalue weighted by Crippen LogP contribution is -2.52. The molecule has 6 rings (SSSR count). The van der Waals surface area contributed by atoms with Gasteiger partial charge in [-0.15, -0.1) is 0 Å². The first-order valence-electron chi connectivity index (χ1n) is 16.3. The van der Waals surface area contributed by atoms with Crippen molar-refractivity contribution < 1.29 is 10.2 Å². The van der Waals surface area contributed by atoms with E-state index in [4.69, 9.17) is 0 Å². The Labute approximate surface area is 264 Å². The Morgan fingerprint density at radius 2 is 1.02 bits per heavy atom. The normalized spacial score (nSPS) is 22.6. The Balaban J connectivity index is 0.000000175. The minimum Gasteiger partial charge on any atom is -0.393 e. The van der Waals surface area contributed by atoms with Crippen molar-refractivity contribution in [3.63, 3.8) is 0 Å². The van der Waals surface area contributed by atoms with Crippen molar-refractivity contribution in [1.82, 2.24) is 15.1 Å². The zero-order valence-corrected chi connectivity index (χ0v) is 25.9. The summed E-state index contributed by atoms with van der Waals surface area (Å²) in [6.45, 7) is 6.50. The number of β-amino-alcohol motifs (C(OH)–C–C–N with tert-alkyl or cyclic N) is 1. The lowest BCUT2D eigenvalue weighted by Gasteiger charge is -2.36. The van der Waals surface area contributed by atoms with Gasteiger partial charge in [-0.3, -0.25) is 9.80 Å². The van der Waals surface area contributed by atoms with E-state index in [2.05, 4.69) is 124 Å². The van der Waals surface area contributed by atoms with Crippen molar-refractivity contribution in [2.24, 2.45) is 5.92 Å². The molecule has 232 valence electrons. The van der Waals surface area contributed by atoms with E-state index >= 15 is 0 Å². The van der Waals surface area contributed by atoms with Crippen LogP contribution in [0.4, 0.5) is 0 Å². The lowest BCUT2D eigenvalue weighted by atomic mass is 9.89. The van der Waals surface area contributed by atoms with Crippen LogP contribution < -0.4 is 5.32 Å². The minimum atomic E-state index is -0.304. The van der Waals surface area contributed by atoms with Crippen molar-refractivity contribution in [1.29, 1.82) is 0 Å². The number of likely N-dealkylation sites (tertiary alicyclic amines) is 2. The molecule has 3 N–H and O–H groups in total. The summed E-state index contributed by atoms with van der Waals surface area (Å²) in [5.74, 6) is 0.387. The molecule has 2 saturated heterocycles. The first-order valence-corrected chi connectivity index (χ1v) is 16.3. The van der Waals surface area contributed by atoms with E-state index in [0.29, 0.717) is 5.92 Å². The Morgan fingerprint density at radius 1 is 0.545 bits per heavy atom. The Bertz CT molecular complexity index is 1320. The summed E-state index contributed by atoms with van der Waals surface area (Å²) < 4.78 is 0. The molecule has 0 aliphatic carbocycles. The lowest BCUT2D eigenvalue weighted by molar-refractivity contribution is 0.0202. The third-order valence-corrected chi connectivity index (χ3v) is 9.00. The van der Waals surface area contributed by atoms with Crippen LogP contribution in [-0.4, -0.2) is 64.4 Å². The molecule has 2 aliphatic heterocycles. The first kappa shape index (κ1) is 32.1. The zero-order chi connectivity index (χ0) is 30.4. The van der Waals surface area contributed by atoms with Crippen LogP contribution in [-0.2, 0) is 26.1 Å². The van der Waals surface area contributed by atoms with Crippen LogP contribution in [0.1, 0.15) is 41.5 Å². The topological polar surface area (TPSA) is 59.0 Å².